The summed E-state index contributed by atoms with van der Waals surface area (Å²) < 4.78 is 10.6. The molecule has 3 aromatic carbocycles. The number of nitrogens with one attached hydrogen (secondary N) is 2. The minimum atomic E-state index is -0.226. The Morgan fingerprint density at radius 3 is 2.52 bits per heavy atom. The van der Waals surface area contributed by atoms with Crippen molar-refractivity contribution in [3.05, 3.63) is 84.4 Å². The van der Waals surface area contributed by atoms with Crippen LogP contribution in [0.15, 0.2) is 89.1 Å². The Morgan fingerprint density at radius 1 is 1.00 bits per heavy atom. The summed E-state index contributed by atoms with van der Waals surface area (Å²) in [6.07, 6.45) is 1.57. The Labute approximate surface area is 194 Å². The van der Waals surface area contributed by atoms with Gasteiger partial charge in [-0.3, -0.25) is 4.79 Å². The molecule has 0 spiro atoms. The van der Waals surface area contributed by atoms with E-state index in [1.165, 1.54) is 11.8 Å². The van der Waals surface area contributed by atoms with Crippen LogP contribution in [0, 0.1) is 0 Å². The van der Waals surface area contributed by atoms with E-state index in [2.05, 4.69) is 15.5 Å². The van der Waals surface area contributed by atoms with Gasteiger partial charge >= 0.3 is 0 Å². The first-order chi connectivity index (χ1) is 16.3. The fourth-order valence-corrected chi connectivity index (χ4v) is 4.04. The molecule has 8 heteroatoms. The number of amides is 1. The lowest BCUT2D eigenvalue weighted by Gasteiger charge is -2.02. The molecule has 2 heterocycles. The molecule has 1 amide bonds. The third-order valence-electron chi connectivity index (χ3n) is 4.93. The highest BCUT2D eigenvalue weighted by Crippen LogP contribution is 2.33. The molecule has 2 N–H and O–H groups in total. The molecule has 0 saturated heterocycles. The van der Waals surface area contributed by atoms with E-state index in [4.69, 9.17) is 14.5 Å². The SMILES string of the molecule is O=C(CSc1nc(-c2ccccc2)c(-c2ccccc2)[nH]1)N/N=C/c1ccc2c(c1)OCO2. The van der Waals surface area contributed by atoms with Crippen molar-refractivity contribution in [2.75, 3.05) is 12.5 Å². The van der Waals surface area contributed by atoms with Gasteiger partial charge < -0.3 is 14.5 Å². The van der Waals surface area contributed by atoms with Gasteiger partial charge in [-0.05, 0) is 23.8 Å². The number of fused-ring (bicyclic) bond motifs is 1. The molecular weight excluding hydrogens is 436 g/mol. The highest BCUT2D eigenvalue weighted by atomic mass is 32.2. The van der Waals surface area contributed by atoms with Gasteiger partial charge in [0.2, 0.25) is 6.79 Å². The van der Waals surface area contributed by atoms with Crippen LogP contribution in [0.5, 0.6) is 11.5 Å². The Hall–Kier alpha value is -4.04. The average molecular weight is 457 g/mol. The predicted molar refractivity (Wildman–Crippen MR) is 128 cm³/mol. The van der Waals surface area contributed by atoms with Crippen molar-refractivity contribution < 1.29 is 14.3 Å². The van der Waals surface area contributed by atoms with Gasteiger partial charge in [0.1, 0.15) is 0 Å². The average Bonchev–Trinajstić information content (AvgIpc) is 3.51. The molecule has 5 rings (SSSR count). The first kappa shape index (κ1) is 20.8. The van der Waals surface area contributed by atoms with Crippen molar-refractivity contribution in [1.29, 1.82) is 0 Å². The number of ether oxygens (including phenoxy) is 2. The molecule has 0 aliphatic carbocycles. The fraction of sp³-hybridized carbons (Fsp3) is 0.0800. The number of hydrazone groups is 1. The number of aromatic amines is 1. The number of hydrogen-bond donors (Lipinski definition) is 2. The molecule has 33 heavy (non-hydrogen) atoms. The van der Waals surface area contributed by atoms with Crippen LogP contribution in [0.4, 0.5) is 0 Å². The maximum Gasteiger partial charge on any atom is 0.250 e. The van der Waals surface area contributed by atoms with Gasteiger partial charge in [0.05, 0.1) is 23.4 Å². The van der Waals surface area contributed by atoms with E-state index < -0.39 is 0 Å². The van der Waals surface area contributed by atoms with Gasteiger partial charge in [-0.2, -0.15) is 5.10 Å². The number of aromatic nitrogens is 2. The van der Waals surface area contributed by atoms with Crippen LogP contribution in [-0.4, -0.2) is 34.6 Å². The molecule has 1 aromatic heterocycles. The highest BCUT2D eigenvalue weighted by Gasteiger charge is 2.15. The Bertz CT molecular complexity index is 1230. The zero-order valence-electron chi connectivity index (χ0n) is 17.5. The molecule has 164 valence electrons. The second-order valence-corrected chi connectivity index (χ2v) is 8.16. The minimum absolute atomic E-state index is 0.175. The van der Waals surface area contributed by atoms with Crippen LogP contribution in [0.1, 0.15) is 5.56 Å². The summed E-state index contributed by atoms with van der Waals surface area (Å²) in [5, 5.41) is 4.70. The molecule has 4 aromatic rings. The van der Waals surface area contributed by atoms with Gasteiger partial charge in [0.15, 0.2) is 16.7 Å². The number of imidazole rings is 1. The predicted octanol–water partition coefficient (Wildman–Crippen LogP) is 4.71. The van der Waals surface area contributed by atoms with Crippen molar-refractivity contribution >= 4 is 23.9 Å². The van der Waals surface area contributed by atoms with Crippen molar-refractivity contribution in [1.82, 2.24) is 15.4 Å². The molecule has 0 fully saturated rings. The van der Waals surface area contributed by atoms with Crippen LogP contribution in [0.3, 0.4) is 0 Å². The molecule has 0 radical (unpaired) electrons. The number of H-pyrrole nitrogens is 1. The fourth-order valence-electron chi connectivity index (χ4n) is 3.38. The summed E-state index contributed by atoms with van der Waals surface area (Å²) >= 11 is 1.33. The third-order valence-corrected chi connectivity index (χ3v) is 5.80. The number of carbonyl (C=O) groups excluding carboxylic acids is 1. The van der Waals surface area contributed by atoms with E-state index >= 15 is 0 Å². The van der Waals surface area contributed by atoms with Gasteiger partial charge in [0.25, 0.3) is 5.91 Å². The Kier molecular flexibility index (Phi) is 6.08. The van der Waals surface area contributed by atoms with Gasteiger partial charge in [-0.15, -0.1) is 0 Å². The topological polar surface area (TPSA) is 88.6 Å². The zero-order valence-corrected chi connectivity index (χ0v) is 18.3. The number of rotatable bonds is 7. The summed E-state index contributed by atoms with van der Waals surface area (Å²) in [5.74, 6) is 1.32. The monoisotopic (exact) mass is 456 g/mol. The van der Waals surface area contributed by atoms with Crippen LogP contribution in [0.2, 0.25) is 0 Å². The number of hydrogen-bond acceptors (Lipinski definition) is 6. The zero-order chi connectivity index (χ0) is 22.5. The minimum Gasteiger partial charge on any atom is -0.454 e. The van der Waals surface area contributed by atoms with E-state index in [1.807, 2.05) is 78.9 Å². The summed E-state index contributed by atoms with van der Waals surface area (Å²) in [4.78, 5) is 20.4. The van der Waals surface area contributed by atoms with E-state index in [9.17, 15) is 4.79 Å². The van der Waals surface area contributed by atoms with Gasteiger partial charge in [-0.25, -0.2) is 10.4 Å². The summed E-state index contributed by atoms with van der Waals surface area (Å²) in [5.41, 5.74) is 7.17. The highest BCUT2D eigenvalue weighted by molar-refractivity contribution is 7.99. The standard InChI is InChI=1S/C25H20N4O3S/c30-22(29-26-14-17-11-12-20-21(13-17)32-16-31-20)15-33-25-27-23(18-7-3-1-4-8-18)24(28-25)19-9-5-2-6-10-19/h1-14H,15-16H2,(H,27,28)(H,29,30)/b26-14+. The number of thioether (sulfide) groups is 1. The van der Waals surface area contributed by atoms with E-state index in [-0.39, 0.29) is 18.5 Å². The first-order valence-electron chi connectivity index (χ1n) is 10.3. The normalized spacial score (nSPS) is 12.2. The lowest BCUT2D eigenvalue weighted by atomic mass is 10.1. The summed E-state index contributed by atoms with van der Waals surface area (Å²) in [6.45, 7) is 0.217. The summed E-state index contributed by atoms with van der Waals surface area (Å²) in [6, 6.07) is 25.5. The Morgan fingerprint density at radius 2 is 1.73 bits per heavy atom. The van der Waals surface area contributed by atoms with Crippen molar-refractivity contribution in [3.8, 4) is 34.0 Å². The second-order valence-electron chi connectivity index (χ2n) is 7.19. The lowest BCUT2D eigenvalue weighted by molar-refractivity contribution is -0.118. The van der Waals surface area contributed by atoms with Gasteiger partial charge in [0, 0.05) is 11.1 Å². The molecular formula is C25H20N4O3S. The quantitative estimate of drug-likeness (QED) is 0.239. The van der Waals surface area contributed by atoms with Crippen LogP contribution in [0.25, 0.3) is 22.5 Å². The molecule has 7 nitrogen and oxygen atoms in total. The summed E-state index contributed by atoms with van der Waals surface area (Å²) in [7, 11) is 0. The molecule has 0 saturated carbocycles. The van der Waals surface area contributed by atoms with Crippen molar-refractivity contribution in [2.24, 2.45) is 5.10 Å². The molecule has 0 bridgehead atoms. The second kappa shape index (κ2) is 9.62. The largest absolute Gasteiger partial charge is 0.454 e. The molecule has 1 aliphatic heterocycles. The number of benzene rings is 3. The van der Waals surface area contributed by atoms with E-state index in [0.29, 0.717) is 16.7 Å². The lowest BCUT2D eigenvalue weighted by Crippen LogP contribution is -2.19. The van der Waals surface area contributed by atoms with Crippen LogP contribution in [-0.2, 0) is 4.79 Å². The smallest absolute Gasteiger partial charge is 0.250 e. The van der Waals surface area contributed by atoms with Crippen molar-refractivity contribution in [3.63, 3.8) is 0 Å². The van der Waals surface area contributed by atoms with Crippen LogP contribution < -0.4 is 14.9 Å². The number of carbonyl (C=O) groups is 1. The maximum atomic E-state index is 12.3. The van der Waals surface area contributed by atoms with Gasteiger partial charge in [-0.1, -0.05) is 72.4 Å². The van der Waals surface area contributed by atoms with Crippen LogP contribution >= 0.6 is 11.8 Å². The van der Waals surface area contributed by atoms with E-state index in [1.54, 1.807) is 6.21 Å². The molecule has 1 aliphatic rings. The first-order valence-corrected chi connectivity index (χ1v) is 11.3. The molecule has 0 atom stereocenters. The molecule has 0 unspecified atom stereocenters. The van der Waals surface area contributed by atoms with Crippen molar-refractivity contribution in [2.45, 2.75) is 5.16 Å². The number of nitrogens with zero attached hydrogens (tertiary/aromatic N) is 2. The maximum absolute atomic E-state index is 12.3. The third kappa shape index (κ3) is 4.91. The Balaban J connectivity index is 1.25. The van der Waals surface area contributed by atoms with E-state index in [0.717, 1.165) is 28.1 Å².